The molecule has 154 valence electrons. The molecule has 5 heteroatoms. The van der Waals surface area contributed by atoms with Crippen LogP contribution in [0.3, 0.4) is 0 Å². The number of para-hydroxylation sites is 1. The van der Waals surface area contributed by atoms with Gasteiger partial charge in [0.2, 0.25) is 5.91 Å². The van der Waals surface area contributed by atoms with Gasteiger partial charge in [-0.2, -0.15) is 11.3 Å². The Balaban J connectivity index is 1.29. The molecule has 5 rings (SSSR count). The Kier molecular flexibility index (Phi) is 5.35. The van der Waals surface area contributed by atoms with Gasteiger partial charge in [-0.05, 0) is 66.1 Å². The monoisotopic (exact) mass is 410 g/mol. The number of amides is 1. The third-order valence-electron chi connectivity index (χ3n) is 6.94. The largest absolute Gasteiger partial charge is 0.487 e. The molecule has 3 aliphatic heterocycles. The summed E-state index contributed by atoms with van der Waals surface area (Å²) in [5.74, 6) is 1.61. The fourth-order valence-electron chi connectivity index (χ4n) is 5.30. The number of likely N-dealkylation sites (tertiary alicyclic amines) is 2. The number of benzene rings is 1. The SMILES string of the molecule is O=C(C[C@H]1CC2(CCN(Cc3ccsc3)CC2)Oc2ccccc21)N1CCCC1. The van der Waals surface area contributed by atoms with Crippen molar-refractivity contribution < 1.29 is 9.53 Å². The van der Waals surface area contributed by atoms with Crippen molar-refractivity contribution in [3.63, 3.8) is 0 Å². The number of nitrogens with zero attached hydrogens (tertiary/aromatic N) is 2. The summed E-state index contributed by atoms with van der Waals surface area (Å²) in [6, 6.07) is 10.6. The maximum absolute atomic E-state index is 12.9. The number of fused-ring (bicyclic) bond motifs is 1. The van der Waals surface area contributed by atoms with Crippen LogP contribution in [0.4, 0.5) is 0 Å². The average Bonchev–Trinajstić information content (AvgIpc) is 3.44. The van der Waals surface area contributed by atoms with Gasteiger partial charge in [0.25, 0.3) is 0 Å². The minimum atomic E-state index is -0.116. The van der Waals surface area contributed by atoms with E-state index < -0.39 is 0 Å². The van der Waals surface area contributed by atoms with Gasteiger partial charge in [-0.3, -0.25) is 9.69 Å². The predicted molar refractivity (Wildman–Crippen MR) is 116 cm³/mol. The molecular weight excluding hydrogens is 380 g/mol. The zero-order valence-electron chi connectivity index (χ0n) is 17.0. The molecule has 1 aromatic heterocycles. The highest BCUT2D eigenvalue weighted by atomic mass is 32.1. The highest BCUT2D eigenvalue weighted by Crippen LogP contribution is 2.46. The van der Waals surface area contributed by atoms with Gasteiger partial charge in [-0.1, -0.05) is 18.2 Å². The topological polar surface area (TPSA) is 32.8 Å². The van der Waals surface area contributed by atoms with Gasteiger partial charge in [-0.15, -0.1) is 0 Å². The standard InChI is InChI=1S/C24H30N2O2S/c27-23(26-10-3-4-11-26)15-20-16-24(28-22-6-2-1-5-21(20)22)8-12-25(13-9-24)17-19-7-14-29-18-19/h1-2,5-7,14,18,20H,3-4,8-13,15-17H2/t20-/m0/s1. The molecule has 3 aliphatic rings. The van der Waals surface area contributed by atoms with Gasteiger partial charge in [0.15, 0.2) is 0 Å². The van der Waals surface area contributed by atoms with Crippen LogP contribution in [0, 0.1) is 0 Å². The fraction of sp³-hybridized carbons (Fsp3) is 0.542. The van der Waals surface area contributed by atoms with E-state index in [0.717, 1.165) is 70.6 Å². The second-order valence-electron chi connectivity index (χ2n) is 8.92. The molecule has 2 saturated heterocycles. The molecule has 29 heavy (non-hydrogen) atoms. The zero-order chi connectivity index (χ0) is 19.7. The molecule has 0 aliphatic carbocycles. The molecule has 0 N–H and O–H groups in total. The van der Waals surface area contributed by atoms with Crippen LogP contribution >= 0.6 is 11.3 Å². The Bertz CT molecular complexity index is 836. The summed E-state index contributed by atoms with van der Waals surface area (Å²) < 4.78 is 6.63. The first kappa shape index (κ1) is 19.1. The van der Waals surface area contributed by atoms with Crippen LogP contribution in [0.5, 0.6) is 5.75 Å². The highest BCUT2D eigenvalue weighted by molar-refractivity contribution is 7.07. The Labute approximate surface area is 177 Å². The van der Waals surface area contributed by atoms with Crippen molar-refractivity contribution >= 4 is 17.2 Å². The fourth-order valence-corrected chi connectivity index (χ4v) is 5.96. The molecule has 0 radical (unpaired) electrons. The molecule has 1 atom stereocenters. The lowest BCUT2D eigenvalue weighted by molar-refractivity contribution is -0.131. The van der Waals surface area contributed by atoms with E-state index >= 15 is 0 Å². The molecule has 4 nitrogen and oxygen atoms in total. The van der Waals surface area contributed by atoms with Crippen LogP contribution in [0.1, 0.15) is 55.6 Å². The van der Waals surface area contributed by atoms with Gasteiger partial charge >= 0.3 is 0 Å². The predicted octanol–water partition coefficient (Wildman–Crippen LogP) is 4.66. The number of piperidine rings is 1. The van der Waals surface area contributed by atoms with Crippen molar-refractivity contribution in [2.24, 2.45) is 0 Å². The normalized spacial score (nSPS) is 23.7. The van der Waals surface area contributed by atoms with E-state index in [1.807, 2.05) is 0 Å². The summed E-state index contributed by atoms with van der Waals surface area (Å²) in [5.41, 5.74) is 2.52. The highest BCUT2D eigenvalue weighted by Gasteiger charge is 2.43. The first-order chi connectivity index (χ1) is 14.2. The lowest BCUT2D eigenvalue weighted by Crippen LogP contribution is -2.50. The Morgan fingerprint density at radius 1 is 1.10 bits per heavy atom. The van der Waals surface area contributed by atoms with E-state index in [0.29, 0.717) is 12.3 Å². The second-order valence-corrected chi connectivity index (χ2v) is 9.70. The summed E-state index contributed by atoms with van der Waals surface area (Å²) in [5, 5.41) is 4.40. The number of rotatable bonds is 4. The van der Waals surface area contributed by atoms with Crippen LogP contribution in [-0.2, 0) is 11.3 Å². The van der Waals surface area contributed by atoms with Gasteiger partial charge in [0.05, 0.1) is 0 Å². The summed E-state index contributed by atoms with van der Waals surface area (Å²) in [7, 11) is 0. The summed E-state index contributed by atoms with van der Waals surface area (Å²) >= 11 is 1.77. The molecule has 0 saturated carbocycles. The van der Waals surface area contributed by atoms with Crippen LogP contribution in [-0.4, -0.2) is 47.5 Å². The average molecular weight is 411 g/mol. The van der Waals surface area contributed by atoms with Crippen LogP contribution < -0.4 is 4.74 Å². The van der Waals surface area contributed by atoms with Crippen molar-refractivity contribution in [3.05, 3.63) is 52.2 Å². The van der Waals surface area contributed by atoms with Crippen LogP contribution in [0.15, 0.2) is 41.1 Å². The lowest BCUT2D eigenvalue weighted by Gasteiger charge is -2.47. The van der Waals surface area contributed by atoms with Crippen molar-refractivity contribution in [2.75, 3.05) is 26.2 Å². The van der Waals surface area contributed by atoms with E-state index in [9.17, 15) is 4.79 Å². The van der Waals surface area contributed by atoms with E-state index in [1.165, 1.54) is 11.1 Å². The first-order valence-electron chi connectivity index (χ1n) is 11.0. The number of ether oxygens (including phenoxy) is 1. The molecule has 4 heterocycles. The van der Waals surface area contributed by atoms with E-state index in [-0.39, 0.29) is 11.5 Å². The number of thiophene rings is 1. The quantitative estimate of drug-likeness (QED) is 0.735. The zero-order valence-corrected chi connectivity index (χ0v) is 17.8. The molecule has 0 bridgehead atoms. The molecule has 2 fully saturated rings. The Morgan fingerprint density at radius 3 is 2.66 bits per heavy atom. The van der Waals surface area contributed by atoms with Crippen molar-refractivity contribution in [2.45, 2.75) is 56.6 Å². The number of carbonyl (C=O) groups is 1. The maximum Gasteiger partial charge on any atom is 0.223 e. The maximum atomic E-state index is 12.9. The molecule has 1 spiro atoms. The van der Waals surface area contributed by atoms with Crippen molar-refractivity contribution in [3.8, 4) is 5.75 Å². The summed E-state index contributed by atoms with van der Waals surface area (Å²) in [6.07, 6.45) is 5.98. The summed E-state index contributed by atoms with van der Waals surface area (Å²) in [4.78, 5) is 17.5. The molecular formula is C24H30N2O2S. The Hall–Kier alpha value is -1.85. The number of carbonyl (C=O) groups excluding carboxylic acids is 1. The summed E-state index contributed by atoms with van der Waals surface area (Å²) in [6.45, 7) is 5.03. The molecule has 2 aromatic rings. The van der Waals surface area contributed by atoms with Gasteiger partial charge in [0, 0.05) is 45.1 Å². The van der Waals surface area contributed by atoms with E-state index in [4.69, 9.17) is 4.74 Å². The number of hydrogen-bond donors (Lipinski definition) is 0. The lowest BCUT2D eigenvalue weighted by atomic mass is 9.76. The third-order valence-corrected chi connectivity index (χ3v) is 7.67. The minimum absolute atomic E-state index is 0.116. The van der Waals surface area contributed by atoms with Crippen molar-refractivity contribution in [1.29, 1.82) is 0 Å². The van der Waals surface area contributed by atoms with Crippen LogP contribution in [0.25, 0.3) is 0 Å². The van der Waals surface area contributed by atoms with Gasteiger partial charge in [-0.25, -0.2) is 0 Å². The van der Waals surface area contributed by atoms with E-state index in [1.54, 1.807) is 11.3 Å². The van der Waals surface area contributed by atoms with Gasteiger partial charge in [0.1, 0.15) is 11.4 Å². The Morgan fingerprint density at radius 2 is 1.90 bits per heavy atom. The second kappa shape index (κ2) is 8.11. The minimum Gasteiger partial charge on any atom is -0.487 e. The third kappa shape index (κ3) is 4.08. The van der Waals surface area contributed by atoms with E-state index in [2.05, 4.69) is 50.9 Å². The van der Waals surface area contributed by atoms with Gasteiger partial charge < -0.3 is 9.64 Å². The molecule has 1 aromatic carbocycles. The molecule has 1 amide bonds. The number of hydrogen-bond acceptors (Lipinski definition) is 4. The smallest absolute Gasteiger partial charge is 0.223 e. The van der Waals surface area contributed by atoms with Crippen LogP contribution in [0.2, 0.25) is 0 Å². The first-order valence-corrected chi connectivity index (χ1v) is 11.9. The molecule has 0 unspecified atom stereocenters. The van der Waals surface area contributed by atoms with Crippen molar-refractivity contribution in [1.82, 2.24) is 9.80 Å².